The number of hydrazine groups is 1. The summed E-state index contributed by atoms with van der Waals surface area (Å²) in [4.78, 5) is 8.59. The molecule has 2 rings (SSSR count). The molecule has 0 fully saturated rings. The molecule has 1 aliphatic rings. The Balaban J connectivity index is 2.18. The van der Waals surface area contributed by atoms with E-state index in [1.807, 2.05) is 18.5 Å². The van der Waals surface area contributed by atoms with E-state index >= 15 is 0 Å². The first-order valence-corrected chi connectivity index (χ1v) is 5.58. The third kappa shape index (κ3) is 1.73. The van der Waals surface area contributed by atoms with E-state index in [0.29, 0.717) is 0 Å². The molecule has 74 valence electrons. The molecule has 0 saturated heterocycles. The second-order valence-corrected chi connectivity index (χ2v) is 3.78. The maximum absolute atomic E-state index is 4.37. The third-order valence-electron chi connectivity index (χ3n) is 2.00. The maximum Gasteiger partial charge on any atom is 0.189 e. The van der Waals surface area contributed by atoms with Gasteiger partial charge in [0.25, 0.3) is 0 Å². The van der Waals surface area contributed by atoms with E-state index in [9.17, 15) is 0 Å². The molecule has 4 nitrogen and oxygen atoms in total. The number of hydrogen-bond donors (Lipinski definition) is 1. The lowest BCUT2D eigenvalue weighted by atomic mass is 10.3. The van der Waals surface area contributed by atoms with E-state index in [1.54, 1.807) is 11.8 Å². The standard InChI is InChI=1S/C9H12N4S/c1-3-4-13-6-7-5-10-9(14-2)11-8(7)12-13/h3,5H,1,4,6H2,2H3,(H,10,11,12). The first-order chi connectivity index (χ1) is 6.83. The van der Waals surface area contributed by atoms with Crippen molar-refractivity contribution in [2.24, 2.45) is 0 Å². The fourth-order valence-electron chi connectivity index (χ4n) is 1.36. The molecule has 1 aromatic rings. The van der Waals surface area contributed by atoms with Crippen molar-refractivity contribution in [3.05, 3.63) is 24.4 Å². The number of nitrogens with one attached hydrogen (secondary N) is 1. The Kier molecular flexibility index (Phi) is 2.69. The maximum atomic E-state index is 4.37. The van der Waals surface area contributed by atoms with E-state index in [0.717, 1.165) is 29.6 Å². The second kappa shape index (κ2) is 3.98. The fourth-order valence-corrected chi connectivity index (χ4v) is 1.70. The van der Waals surface area contributed by atoms with Crippen LogP contribution in [0.1, 0.15) is 5.56 Å². The van der Waals surface area contributed by atoms with Crippen molar-refractivity contribution in [3.63, 3.8) is 0 Å². The highest BCUT2D eigenvalue weighted by Gasteiger charge is 2.18. The van der Waals surface area contributed by atoms with Crippen LogP contribution in [0.2, 0.25) is 0 Å². The van der Waals surface area contributed by atoms with E-state index in [-0.39, 0.29) is 0 Å². The smallest absolute Gasteiger partial charge is 0.189 e. The molecule has 0 aromatic carbocycles. The van der Waals surface area contributed by atoms with Crippen LogP contribution >= 0.6 is 11.8 Å². The minimum absolute atomic E-state index is 0.803. The van der Waals surface area contributed by atoms with Crippen LogP contribution in [0.4, 0.5) is 5.82 Å². The molecule has 1 aromatic heterocycles. The van der Waals surface area contributed by atoms with Crippen LogP contribution in [0.3, 0.4) is 0 Å². The van der Waals surface area contributed by atoms with Crippen molar-refractivity contribution in [3.8, 4) is 0 Å². The number of hydrogen-bond acceptors (Lipinski definition) is 5. The number of thioether (sulfide) groups is 1. The molecule has 2 heterocycles. The third-order valence-corrected chi connectivity index (χ3v) is 2.56. The van der Waals surface area contributed by atoms with Gasteiger partial charge in [-0.1, -0.05) is 17.8 Å². The Bertz CT molecular complexity index is 353. The van der Waals surface area contributed by atoms with Crippen molar-refractivity contribution in [2.75, 3.05) is 18.2 Å². The van der Waals surface area contributed by atoms with Gasteiger partial charge in [-0.15, -0.1) is 6.58 Å². The van der Waals surface area contributed by atoms with Gasteiger partial charge in [0, 0.05) is 24.8 Å². The average molecular weight is 208 g/mol. The van der Waals surface area contributed by atoms with E-state index < -0.39 is 0 Å². The quantitative estimate of drug-likeness (QED) is 0.463. The van der Waals surface area contributed by atoms with Gasteiger partial charge in [0.2, 0.25) is 0 Å². The molecule has 0 radical (unpaired) electrons. The minimum Gasteiger partial charge on any atom is -0.302 e. The monoisotopic (exact) mass is 208 g/mol. The summed E-state index contributed by atoms with van der Waals surface area (Å²) in [5.74, 6) is 0.922. The normalized spacial score (nSPS) is 14.9. The number of nitrogens with zero attached hydrogens (tertiary/aromatic N) is 3. The zero-order valence-corrected chi connectivity index (χ0v) is 8.84. The Hall–Kier alpha value is -1.07. The van der Waals surface area contributed by atoms with Gasteiger partial charge in [0.05, 0.1) is 0 Å². The van der Waals surface area contributed by atoms with Gasteiger partial charge in [-0.3, -0.25) is 0 Å². The first-order valence-electron chi connectivity index (χ1n) is 4.36. The SMILES string of the molecule is C=CCN1Cc2cnc(SC)nc2N1. The molecule has 1 N–H and O–H groups in total. The minimum atomic E-state index is 0.803. The lowest BCUT2D eigenvalue weighted by Crippen LogP contribution is -2.23. The largest absolute Gasteiger partial charge is 0.302 e. The number of anilines is 1. The lowest BCUT2D eigenvalue weighted by Gasteiger charge is -2.11. The van der Waals surface area contributed by atoms with Crippen molar-refractivity contribution in [1.82, 2.24) is 15.0 Å². The summed E-state index contributed by atoms with van der Waals surface area (Å²) in [6.45, 7) is 5.35. The summed E-state index contributed by atoms with van der Waals surface area (Å²) >= 11 is 1.55. The van der Waals surface area contributed by atoms with Crippen LogP contribution < -0.4 is 5.43 Å². The molecule has 0 unspecified atom stereocenters. The fraction of sp³-hybridized carbons (Fsp3) is 0.333. The number of fused-ring (bicyclic) bond motifs is 1. The van der Waals surface area contributed by atoms with Crippen molar-refractivity contribution in [1.29, 1.82) is 0 Å². The predicted octanol–water partition coefficient (Wildman–Crippen LogP) is 1.53. The molecule has 0 saturated carbocycles. The highest BCUT2D eigenvalue weighted by atomic mass is 32.2. The van der Waals surface area contributed by atoms with Crippen molar-refractivity contribution < 1.29 is 0 Å². The lowest BCUT2D eigenvalue weighted by molar-refractivity contribution is 0.381. The van der Waals surface area contributed by atoms with Gasteiger partial charge in [-0.25, -0.2) is 15.0 Å². The van der Waals surface area contributed by atoms with E-state index in [1.165, 1.54) is 0 Å². The molecule has 0 aliphatic carbocycles. The zero-order chi connectivity index (χ0) is 9.97. The highest BCUT2D eigenvalue weighted by molar-refractivity contribution is 7.98. The molecule has 0 bridgehead atoms. The van der Waals surface area contributed by atoms with E-state index in [2.05, 4.69) is 27.0 Å². The van der Waals surface area contributed by atoms with Crippen LogP contribution in [-0.2, 0) is 6.54 Å². The summed E-state index contributed by atoms with van der Waals surface area (Å²) in [6.07, 6.45) is 5.71. The highest BCUT2D eigenvalue weighted by Crippen LogP contribution is 2.23. The Morgan fingerprint density at radius 3 is 3.36 bits per heavy atom. The van der Waals surface area contributed by atoms with Gasteiger partial charge >= 0.3 is 0 Å². The first kappa shape index (κ1) is 9.48. The van der Waals surface area contributed by atoms with Gasteiger partial charge in [-0.05, 0) is 6.26 Å². The van der Waals surface area contributed by atoms with Gasteiger partial charge in [-0.2, -0.15) is 0 Å². The Morgan fingerprint density at radius 2 is 2.64 bits per heavy atom. The van der Waals surface area contributed by atoms with Gasteiger partial charge in [0.1, 0.15) is 5.82 Å². The van der Waals surface area contributed by atoms with Crippen LogP contribution in [0.5, 0.6) is 0 Å². The van der Waals surface area contributed by atoms with Crippen LogP contribution in [0.15, 0.2) is 24.0 Å². The molecule has 0 spiro atoms. The summed E-state index contributed by atoms with van der Waals surface area (Å²) in [6, 6.07) is 0. The zero-order valence-electron chi connectivity index (χ0n) is 8.03. The van der Waals surface area contributed by atoms with Crippen molar-refractivity contribution >= 4 is 17.6 Å². The second-order valence-electron chi connectivity index (χ2n) is 3.01. The number of aromatic nitrogens is 2. The molecular weight excluding hydrogens is 196 g/mol. The Morgan fingerprint density at radius 1 is 1.79 bits per heavy atom. The average Bonchev–Trinajstić information content (AvgIpc) is 2.59. The molecule has 1 aliphatic heterocycles. The number of rotatable bonds is 3. The topological polar surface area (TPSA) is 41.1 Å². The van der Waals surface area contributed by atoms with Crippen LogP contribution in [-0.4, -0.2) is 27.8 Å². The van der Waals surface area contributed by atoms with Crippen molar-refractivity contribution in [2.45, 2.75) is 11.7 Å². The van der Waals surface area contributed by atoms with Crippen LogP contribution in [0.25, 0.3) is 0 Å². The summed E-state index contributed by atoms with van der Waals surface area (Å²) in [5, 5.41) is 2.85. The van der Waals surface area contributed by atoms with E-state index in [4.69, 9.17) is 0 Å². The summed E-state index contributed by atoms with van der Waals surface area (Å²) < 4.78 is 0. The Labute approximate surface area is 87.4 Å². The predicted molar refractivity (Wildman–Crippen MR) is 58.0 cm³/mol. The molecule has 5 heteroatoms. The van der Waals surface area contributed by atoms with Gasteiger partial charge in [0.15, 0.2) is 5.16 Å². The summed E-state index contributed by atoms with van der Waals surface area (Å²) in [7, 11) is 0. The molecule has 14 heavy (non-hydrogen) atoms. The summed E-state index contributed by atoms with van der Waals surface area (Å²) in [5.41, 5.74) is 4.35. The van der Waals surface area contributed by atoms with Gasteiger partial charge < -0.3 is 5.43 Å². The van der Waals surface area contributed by atoms with Crippen LogP contribution in [0, 0.1) is 0 Å². The molecular formula is C9H12N4S. The molecule has 0 atom stereocenters. The molecule has 0 amide bonds.